The summed E-state index contributed by atoms with van der Waals surface area (Å²) >= 11 is 0. The fourth-order valence-electron chi connectivity index (χ4n) is 3.17. The summed E-state index contributed by atoms with van der Waals surface area (Å²) in [6.07, 6.45) is 2.39. The second-order valence-electron chi connectivity index (χ2n) is 5.71. The highest BCUT2D eigenvalue weighted by Crippen LogP contribution is 2.32. The highest BCUT2D eigenvalue weighted by molar-refractivity contribution is 5.98. The number of benzene rings is 1. The van der Waals surface area contributed by atoms with Gasteiger partial charge in [0, 0.05) is 13.0 Å². The Bertz CT molecular complexity index is 588. The number of urea groups is 1. The van der Waals surface area contributed by atoms with Crippen molar-refractivity contribution < 1.29 is 14.4 Å². The predicted octanol–water partition coefficient (Wildman–Crippen LogP) is 1.34. The van der Waals surface area contributed by atoms with E-state index >= 15 is 0 Å². The number of hydrogen-bond acceptors (Lipinski definition) is 3. The molecule has 0 aliphatic carbocycles. The Labute approximate surface area is 128 Å². The lowest BCUT2D eigenvalue weighted by Gasteiger charge is -2.28. The molecule has 2 aliphatic heterocycles. The van der Waals surface area contributed by atoms with Gasteiger partial charge in [0.15, 0.2) is 0 Å². The molecule has 0 unspecified atom stereocenters. The van der Waals surface area contributed by atoms with Gasteiger partial charge < -0.3 is 10.2 Å². The molecular formula is C16H19N3O3. The van der Waals surface area contributed by atoms with Crippen LogP contribution in [0.1, 0.15) is 37.3 Å². The third-order valence-corrected chi connectivity index (χ3v) is 4.24. The first-order valence-electron chi connectivity index (χ1n) is 7.61. The Morgan fingerprint density at radius 2 is 1.91 bits per heavy atom. The number of nitrogens with zero attached hydrogens (tertiary/aromatic N) is 1. The van der Waals surface area contributed by atoms with Crippen LogP contribution >= 0.6 is 0 Å². The van der Waals surface area contributed by atoms with E-state index in [1.54, 1.807) is 0 Å². The summed E-state index contributed by atoms with van der Waals surface area (Å²) in [6, 6.07) is 8.76. The number of carbonyl (C=O) groups is 3. The zero-order chi connectivity index (χ0) is 15.5. The maximum atomic E-state index is 12.8. The summed E-state index contributed by atoms with van der Waals surface area (Å²) < 4.78 is 0. The van der Waals surface area contributed by atoms with E-state index in [2.05, 4.69) is 10.6 Å². The van der Waals surface area contributed by atoms with Crippen LogP contribution in [0, 0.1) is 0 Å². The molecule has 4 amide bonds. The zero-order valence-corrected chi connectivity index (χ0v) is 12.2. The van der Waals surface area contributed by atoms with Crippen molar-refractivity contribution in [3.05, 3.63) is 35.9 Å². The molecule has 0 spiro atoms. The van der Waals surface area contributed by atoms with Gasteiger partial charge >= 0.3 is 6.03 Å². The fraction of sp³-hybridized carbons (Fsp3) is 0.438. The van der Waals surface area contributed by atoms with Crippen LogP contribution < -0.4 is 10.6 Å². The molecule has 1 aromatic rings. The minimum absolute atomic E-state index is 0.0533. The van der Waals surface area contributed by atoms with Gasteiger partial charge in [-0.15, -0.1) is 0 Å². The number of carbonyl (C=O) groups excluding carboxylic acids is 3. The molecule has 0 radical (unpaired) electrons. The number of rotatable bonds is 2. The van der Waals surface area contributed by atoms with Crippen molar-refractivity contribution in [3.63, 3.8) is 0 Å². The molecule has 22 heavy (non-hydrogen) atoms. The van der Waals surface area contributed by atoms with Crippen LogP contribution in [0.15, 0.2) is 30.3 Å². The van der Waals surface area contributed by atoms with Gasteiger partial charge in [-0.2, -0.15) is 0 Å². The molecule has 116 valence electrons. The van der Waals surface area contributed by atoms with E-state index in [0.717, 1.165) is 18.4 Å². The van der Waals surface area contributed by atoms with Crippen molar-refractivity contribution >= 4 is 17.8 Å². The predicted molar refractivity (Wildman–Crippen MR) is 79.8 cm³/mol. The number of amides is 4. The number of nitrogens with one attached hydrogen (secondary N) is 2. The van der Waals surface area contributed by atoms with Crippen LogP contribution in [0.3, 0.4) is 0 Å². The summed E-state index contributed by atoms with van der Waals surface area (Å²) in [7, 11) is 0. The molecule has 6 nitrogen and oxygen atoms in total. The minimum Gasteiger partial charge on any atom is -0.334 e. The Hall–Kier alpha value is -2.37. The van der Waals surface area contributed by atoms with Gasteiger partial charge in [0.1, 0.15) is 6.04 Å². The molecule has 2 atom stereocenters. The minimum atomic E-state index is -0.629. The van der Waals surface area contributed by atoms with Crippen LogP contribution in [-0.4, -0.2) is 35.3 Å². The average molecular weight is 301 g/mol. The van der Waals surface area contributed by atoms with Crippen molar-refractivity contribution in [2.24, 2.45) is 0 Å². The lowest BCUT2D eigenvalue weighted by atomic mass is 10.0. The standard InChI is InChI=1S/C16H19N3O3/c20-14-9-8-12(17-16(22)18-14)15(21)19-10-4-7-13(19)11-5-2-1-3-6-11/h1-3,5-6,12-13H,4,7-10H2,(H2,17,18,20,22)/t12-,13+/m1/s1. The molecule has 1 aromatic carbocycles. The highest BCUT2D eigenvalue weighted by Gasteiger charge is 2.35. The van der Waals surface area contributed by atoms with E-state index in [1.165, 1.54) is 0 Å². The van der Waals surface area contributed by atoms with Crippen molar-refractivity contribution in [2.75, 3.05) is 6.54 Å². The van der Waals surface area contributed by atoms with E-state index in [0.29, 0.717) is 13.0 Å². The number of hydrogen-bond donors (Lipinski definition) is 2. The van der Waals surface area contributed by atoms with E-state index in [4.69, 9.17) is 0 Å². The first kappa shape index (κ1) is 14.6. The molecule has 2 N–H and O–H groups in total. The lowest BCUT2D eigenvalue weighted by Crippen LogP contribution is -2.49. The van der Waals surface area contributed by atoms with Crippen LogP contribution in [0.4, 0.5) is 4.79 Å². The summed E-state index contributed by atoms with van der Waals surface area (Å²) in [5.74, 6) is -0.440. The molecule has 2 heterocycles. The molecule has 2 aliphatic rings. The second-order valence-corrected chi connectivity index (χ2v) is 5.71. The van der Waals surface area contributed by atoms with E-state index in [-0.39, 0.29) is 24.3 Å². The van der Waals surface area contributed by atoms with Gasteiger partial charge in [-0.05, 0) is 24.8 Å². The summed E-state index contributed by atoms with van der Waals surface area (Å²) in [5.41, 5.74) is 1.11. The van der Waals surface area contributed by atoms with Crippen LogP contribution in [0.25, 0.3) is 0 Å². The van der Waals surface area contributed by atoms with Crippen molar-refractivity contribution in [2.45, 2.75) is 37.8 Å². The van der Waals surface area contributed by atoms with Gasteiger partial charge in [0.05, 0.1) is 6.04 Å². The van der Waals surface area contributed by atoms with Crippen molar-refractivity contribution in [3.8, 4) is 0 Å². The molecule has 2 fully saturated rings. The highest BCUT2D eigenvalue weighted by atomic mass is 16.2. The van der Waals surface area contributed by atoms with E-state index in [9.17, 15) is 14.4 Å². The SMILES string of the molecule is O=C1CC[C@H](C(=O)N2CCC[C@H]2c2ccccc2)NC(=O)N1. The molecule has 2 saturated heterocycles. The summed E-state index contributed by atoms with van der Waals surface area (Å²) in [4.78, 5) is 37.5. The van der Waals surface area contributed by atoms with Crippen LogP contribution in [0.2, 0.25) is 0 Å². The normalized spacial score (nSPS) is 25.4. The van der Waals surface area contributed by atoms with Gasteiger partial charge in [0.25, 0.3) is 0 Å². The Morgan fingerprint density at radius 1 is 1.14 bits per heavy atom. The Kier molecular flexibility index (Phi) is 4.09. The maximum absolute atomic E-state index is 12.8. The molecule has 0 saturated carbocycles. The van der Waals surface area contributed by atoms with Gasteiger partial charge in [0.2, 0.25) is 11.8 Å². The Morgan fingerprint density at radius 3 is 2.68 bits per heavy atom. The summed E-state index contributed by atoms with van der Waals surface area (Å²) in [5, 5.41) is 4.80. The van der Waals surface area contributed by atoms with Crippen LogP contribution in [0.5, 0.6) is 0 Å². The zero-order valence-electron chi connectivity index (χ0n) is 12.2. The summed E-state index contributed by atoms with van der Waals surface area (Å²) in [6.45, 7) is 0.687. The van der Waals surface area contributed by atoms with Crippen molar-refractivity contribution in [1.82, 2.24) is 15.5 Å². The monoisotopic (exact) mass is 301 g/mol. The van der Waals surface area contributed by atoms with Crippen molar-refractivity contribution in [1.29, 1.82) is 0 Å². The lowest BCUT2D eigenvalue weighted by molar-refractivity contribution is -0.134. The molecule has 0 bridgehead atoms. The maximum Gasteiger partial charge on any atom is 0.322 e. The first-order valence-corrected chi connectivity index (χ1v) is 7.61. The van der Waals surface area contributed by atoms with Crippen LogP contribution in [-0.2, 0) is 9.59 Å². The van der Waals surface area contributed by atoms with E-state index < -0.39 is 12.1 Å². The average Bonchev–Trinajstić information content (AvgIpc) is 2.94. The third-order valence-electron chi connectivity index (χ3n) is 4.24. The molecule has 6 heteroatoms. The first-order chi connectivity index (χ1) is 10.6. The van der Waals surface area contributed by atoms with Gasteiger partial charge in [-0.1, -0.05) is 30.3 Å². The topological polar surface area (TPSA) is 78.5 Å². The molecular weight excluding hydrogens is 282 g/mol. The van der Waals surface area contributed by atoms with E-state index in [1.807, 2.05) is 35.2 Å². The number of imide groups is 1. The smallest absolute Gasteiger partial charge is 0.322 e. The Balaban J connectivity index is 1.76. The largest absolute Gasteiger partial charge is 0.334 e. The molecule has 3 rings (SSSR count). The third kappa shape index (κ3) is 2.95. The van der Waals surface area contributed by atoms with Gasteiger partial charge in [-0.3, -0.25) is 14.9 Å². The second kappa shape index (κ2) is 6.17. The fourth-order valence-corrected chi connectivity index (χ4v) is 3.17. The quantitative estimate of drug-likeness (QED) is 0.865. The number of likely N-dealkylation sites (tertiary alicyclic amines) is 1. The molecule has 0 aromatic heterocycles. The van der Waals surface area contributed by atoms with Gasteiger partial charge in [-0.25, -0.2) is 4.79 Å².